The molecule has 0 aliphatic carbocycles. The van der Waals surface area contributed by atoms with Crippen molar-refractivity contribution in [3.63, 3.8) is 0 Å². The molecule has 0 radical (unpaired) electrons. The van der Waals surface area contributed by atoms with Gasteiger partial charge in [0, 0.05) is 17.7 Å². The van der Waals surface area contributed by atoms with Crippen molar-refractivity contribution in [2.24, 2.45) is 0 Å². The largest absolute Gasteiger partial charge is 0.293 e. The number of nitro groups is 1. The maximum Gasteiger partial charge on any atom is 0.269 e. The van der Waals surface area contributed by atoms with Gasteiger partial charge in [-0.1, -0.05) is 12.1 Å². The average Bonchev–Trinajstić information content (AvgIpc) is 2.99. The van der Waals surface area contributed by atoms with Crippen molar-refractivity contribution in [1.29, 1.82) is 0 Å². The molecule has 23 heavy (non-hydrogen) atoms. The number of hydrogen-bond donors (Lipinski definition) is 0. The summed E-state index contributed by atoms with van der Waals surface area (Å²) in [6.07, 6.45) is 0. The van der Waals surface area contributed by atoms with Crippen LogP contribution in [0.3, 0.4) is 0 Å². The van der Waals surface area contributed by atoms with E-state index < -0.39 is 15.7 Å². The fourth-order valence-electron chi connectivity index (χ4n) is 1.98. The van der Waals surface area contributed by atoms with E-state index in [1.807, 2.05) is 24.3 Å². The van der Waals surface area contributed by atoms with Gasteiger partial charge in [0.05, 0.1) is 31.7 Å². The van der Waals surface area contributed by atoms with Crippen molar-refractivity contribution < 1.29 is 13.9 Å². The first-order valence-corrected chi connectivity index (χ1v) is 8.70. The molecule has 3 rings (SSSR count). The van der Waals surface area contributed by atoms with Crippen LogP contribution >= 0.6 is 11.3 Å². The quantitative estimate of drug-likeness (QED) is 0.402. The Balaban J connectivity index is 1.76. The van der Waals surface area contributed by atoms with Crippen LogP contribution in [0, 0.1) is 10.1 Å². The Hall–Kier alpha value is -2.45. The number of rotatable bonds is 5. The molecule has 1 atom stereocenters. The van der Waals surface area contributed by atoms with Gasteiger partial charge >= 0.3 is 0 Å². The number of ketones is 1. The van der Waals surface area contributed by atoms with Crippen LogP contribution in [0.5, 0.6) is 0 Å². The molecule has 1 aromatic heterocycles. The van der Waals surface area contributed by atoms with E-state index in [4.69, 9.17) is 0 Å². The number of thiazole rings is 1. The monoisotopic (exact) mass is 346 g/mol. The third-order valence-electron chi connectivity index (χ3n) is 3.13. The van der Waals surface area contributed by atoms with Gasteiger partial charge in [-0.25, -0.2) is 4.98 Å². The predicted molar refractivity (Wildman–Crippen MR) is 88.3 cm³/mol. The number of hydrogen-bond acceptors (Lipinski definition) is 6. The van der Waals surface area contributed by atoms with Gasteiger partial charge in [-0.3, -0.25) is 19.1 Å². The maximum atomic E-state index is 12.3. The lowest BCUT2D eigenvalue weighted by atomic mass is 10.1. The second-order valence-corrected chi connectivity index (χ2v) is 7.32. The summed E-state index contributed by atoms with van der Waals surface area (Å²) in [5.74, 6) is -0.532. The zero-order valence-electron chi connectivity index (χ0n) is 11.7. The summed E-state index contributed by atoms with van der Waals surface area (Å²) in [6.45, 7) is 0. The van der Waals surface area contributed by atoms with E-state index in [-0.39, 0.29) is 17.2 Å². The first kappa shape index (κ1) is 15.4. The van der Waals surface area contributed by atoms with Gasteiger partial charge in [-0.15, -0.1) is 11.3 Å². The Kier molecular flexibility index (Phi) is 4.26. The van der Waals surface area contributed by atoms with Gasteiger partial charge in [0.2, 0.25) is 0 Å². The highest BCUT2D eigenvalue weighted by atomic mass is 32.2. The number of nitro benzene ring substituents is 1. The van der Waals surface area contributed by atoms with E-state index >= 15 is 0 Å². The number of nitrogens with zero attached hydrogens (tertiary/aromatic N) is 2. The molecule has 1 unspecified atom stereocenters. The van der Waals surface area contributed by atoms with Crippen LogP contribution in [-0.2, 0) is 10.8 Å². The summed E-state index contributed by atoms with van der Waals surface area (Å²) in [5, 5.41) is 10.6. The lowest BCUT2D eigenvalue weighted by molar-refractivity contribution is -0.384. The Bertz CT molecular complexity index is 886. The van der Waals surface area contributed by atoms with Crippen molar-refractivity contribution in [2.45, 2.75) is 4.34 Å². The van der Waals surface area contributed by atoms with E-state index in [0.29, 0.717) is 9.90 Å². The summed E-state index contributed by atoms with van der Waals surface area (Å²) in [4.78, 5) is 26.5. The third-order valence-corrected chi connectivity index (χ3v) is 5.78. The molecule has 0 aliphatic heterocycles. The van der Waals surface area contributed by atoms with Crippen LogP contribution in [0.1, 0.15) is 10.4 Å². The molecule has 0 spiro atoms. The molecule has 0 amide bonds. The van der Waals surface area contributed by atoms with Crippen molar-refractivity contribution in [1.82, 2.24) is 4.98 Å². The standard InChI is InChI=1S/C15H10N2O4S2/c18-13(10-5-7-11(8-6-10)17(19)20)9-23(21)15-16-12-3-1-2-4-14(12)22-15/h1-8H,9H2. The number of benzene rings is 2. The number of Topliss-reactive ketones (excluding diaryl/α,β-unsaturated/α-hetero) is 1. The van der Waals surface area contributed by atoms with E-state index in [1.165, 1.54) is 35.6 Å². The summed E-state index contributed by atoms with van der Waals surface area (Å²) < 4.78 is 13.6. The van der Waals surface area contributed by atoms with Crippen LogP contribution in [-0.4, -0.2) is 25.7 Å². The average molecular weight is 346 g/mol. The molecule has 2 aromatic carbocycles. The third kappa shape index (κ3) is 3.33. The molecule has 3 aromatic rings. The van der Waals surface area contributed by atoms with Crippen LogP contribution in [0.15, 0.2) is 52.9 Å². The van der Waals surface area contributed by atoms with E-state index in [2.05, 4.69) is 4.98 Å². The van der Waals surface area contributed by atoms with Crippen molar-refractivity contribution in [2.75, 3.05) is 5.75 Å². The lowest BCUT2D eigenvalue weighted by Gasteiger charge is -1.99. The highest BCUT2D eigenvalue weighted by molar-refractivity contribution is 7.88. The molecule has 6 nitrogen and oxygen atoms in total. The number of carbonyl (C=O) groups excluding carboxylic acids is 1. The van der Waals surface area contributed by atoms with Crippen molar-refractivity contribution >= 4 is 43.8 Å². The molecule has 0 aliphatic rings. The molecule has 116 valence electrons. The van der Waals surface area contributed by atoms with Gasteiger partial charge < -0.3 is 0 Å². The minimum Gasteiger partial charge on any atom is -0.293 e. The first-order chi connectivity index (χ1) is 11.0. The minimum atomic E-state index is -1.54. The maximum absolute atomic E-state index is 12.3. The van der Waals surface area contributed by atoms with Crippen LogP contribution in [0.4, 0.5) is 5.69 Å². The molecule has 0 saturated carbocycles. The second kappa shape index (κ2) is 6.35. The van der Waals surface area contributed by atoms with Crippen molar-refractivity contribution in [3.05, 3.63) is 64.2 Å². The molecule has 0 saturated heterocycles. The predicted octanol–water partition coefficient (Wildman–Crippen LogP) is 3.20. The summed E-state index contributed by atoms with van der Waals surface area (Å²) >= 11 is 1.30. The van der Waals surface area contributed by atoms with Gasteiger partial charge in [-0.2, -0.15) is 0 Å². The molecule has 0 bridgehead atoms. The van der Waals surface area contributed by atoms with Gasteiger partial charge in [0.15, 0.2) is 10.1 Å². The molecular formula is C15H10N2O4S2. The Morgan fingerprint density at radius 2 is 1.87 bits per heavy atom. The number of carbonyl (C=O) groups is 1. The van der Waals surface area contributed by atoms with Crippen LogP contribution < -0.4 is 0 Å². The molecule has 0 fully saturated rings. The number of non-ortho nitro benzene ring substituents is 1. The molecule has 8 heteroatoms. The second-order valence-electron chi connectivity index (χ2n) is 4.66. The Morgan fingerprint density at radius 3 is 2.52 bits per heavy atom. The van der Waals surface area contributed by atoms with Gasteiger partial charge in [0.1, 0.15) is 0 Å². The fraction of sp³-hybridized carbons (Fsp3) is 0.0667. The summed E-state index contributed by atoms with van der Waals surface area (Å²) in [6, 6.07) is 12.7. The van der Waals surface area contributed by atoms with Crippen molar-refractivity contribution in [3.8, 4) is 0 Å². The van der Waals surface area contributed by atoms with Gasteiger partial charge in [-0.05, 0) is 24.3 Å². The topological polar surface area (TPSA) is 90.2 Å². The zero-order valence-corrected chi connectivity index (χ0v) is 13.3. The number of fused-ring (bicyclic) bond motifs is 1. The molecule has 0 N–H and O–H groups in total. The minimum absolute atomic E-state index is 0.0890. The smallest absolute Gasteiger partial charge is 0.269 e. The Morgan fingerprint density at radius 1 is 1.17 bits per heavy atom. The van der Waals surface area contributed by atoms with E-state index in [1.54, 1.807) is 0 Å². The zero-order chi connectivity index (χ0) is 16.4. The number of aromatic nitrogens is 1. The SMILES string of the molecule is O=C(CS(=O)c1nc2ccccc2s1)c1ccc([N+](=O)[O-])cc1. The Labute approximate surface area is 137 Å². The van der Waals surface area contributed by atoms with Crippen LogP contribution in [0.2, 0.25) is 0 Å². The highest BCUT2D eigenvalue weighted by Crippen LogP contribution is 2.24. The van der Waals surface area contributed by atoms with E-state index in [0.717, 1.165) is 10.2 Å². The first-order valence-electron chi connectivity index (χ1n) is 6.56. The molecular weight excluding hydrogens is 336 g/mol. The molecule has 1 heterocycles. The van der Waals surface area contributed by atoms with Gasteiger partial charge in [0.25, 0.3) is 5.69 Å². The lowest BCUT2D eigenvalue weighted by Crippen LogP contribution is -2.11. The number of para-hydroxylation sites is 1. The summed E-state index contributed by atoms with van der Waals surface area (Å²) in [7, 11) is -1.54. The van der Waals surface area contributed by atoms with E-state index in [9.17, 15) is 19.1 Å². The normalized spacial score (nSPS) is 12.2. The summed E-state index contributed by atoms with van der Waals surface area (Å²) in [5.41, 5.74) is 0.961. The fourth-order valence-corrected chi connectivity index (χ4v) is 4.22. The highest BCUT2D eigenvalue weighted by Gasteiger charge is 2.17. The van der Waals surface area contributed by atoms with Crippen LogP contribution in [0.25, 0.3) is 10.2 Å².